The zero-order valence-electron chi connectivity index (χ0n) is 12.1. The summed E-state index contributed by atoms with van der Waals surface area (Å²) in [4.78, 5) is 20.2. The Morgan fingerprint density at radius 2 is 1.45 bits per heavy atom. The molecule has 0 aliphatic heterocycles. The van der Waals surface area contributed by atoms with Crippen LogP contribution in [0.3, 0.4) is 0 Å². The minimum absolute atomic E-state index is 0.0334. The number of carboxylic acids is 1. The Balaban J connectivity index is -0.000000246. The molecule has 0 radical (unpaired) electrons. The molecule has 0 aromatic carbocycles. The molecule has 7 nitrogen and oxygen atoms in total. The molecule has 0 aromatic heterocycles. The van der Waals surface area contributed by atoms with Crippen molar-refractivity contribution in [2.75, 3.05) is 19.8 Å². The second-order valence-corrected chi connectivity index (χ2v) is 3.76. The van der Waals surface area contributed by atoms with E-state index in [1.54, 1.807) is 13.8 Å². The monoisotopic (exact) mass is 292 g/mol. The molecule has 118 valence electrons. The zero-order valence-corrected chi connectivity index (χ0v) is 12.1. The van der Waals surface area contributed by atoms with Gasteiger partial charge in [-0.1, -0.05) is 13.2 Å². The molecule has 20 heavy (non-hydrogen) atoms. The highest BCUT2D eigenvalue weighted by Gasteiger charge is 2.03. The molecule has 0 fully saturated rings. The number of aliphatic hydroxyl groups is 3. The maximum Gasteiger partial charge on any atom is 0.333 e. The summed E-state index contributed by atoms with van der Waals surface area (Å²) in [5.74, 6) is -1.39. The summed E-state index contributed by atoms with van der Waals surface area (Å²) in [6.45, 7) is 10.9. The molecule has 0 amide bonds. The molecule has 0 aliphatic rings. The minimum Gasteiger partial charge on any atom is -0.478 e. The summed E-state index contributed by atoms with van der Waals surface area (Å²) in [5, 5.41) is 31.8. The molecule has 0 heterocycles. The van der Waals surface area contributed by atoms with Gasteiger partial charge < -0.3 is 25.2 Å². The number of ether oxygens (including phenoxy) is 1. The molecule has 0 bridgehead atoms. The summed E-state index contributed by atoms with van der Waals surface area (Å²) in [6.07, 6.45) is -0.608. The van der Waals surface area contributed by atoms with Crippen molar-refractivity contribution in [1.82, 2.24) is 0 Å². The average Bonchev–Trinajstić information content (AvgIpc) is 2.36. The van der Waals surface area contributed by atoms with Gasteiger partial charge in [-0.25, -0.2) is 9.59 Å². The number of hydrogen-bond acceptors (Lipinski definition) is 6. The van der Waals surface area contributed by atoms with Gasteiger partial charge in [0.05, 0.1) is 19.3 Å². The van der Waals surface area contributed by atoms with E-state index >= 15 is 0 Å². The fourth-order valence-corrected chi connectivity index (χ4v) is 0.319. The number of carbonyl (C=O) groups is 2. The van der Waals surface area contributed by atoms with Crippen LogP contribution in [-0.2, 0) is 14.3 Å². The number of rotatable bonds is 5. The topological polar surface area (TPSA) is 124 Å². The first kappa shape index (κ1) is 23.4. The van der Waals surface area contributed by atoms with Crippen molar-refractivity contribution in [3.63, 3.8) is 0 Å². The molecule has 0 aliphatic carbocycles. The lowest BCUT2D eigenvalue weighted by Crippen LogP contribution is -2.15. The van der Waals surface area contributed by atoms with Gasteiger partial charge in [0.1, 0.15) is 6.61 Å². The molecule has 0 saturated carbocycles. The molecule has 0 rings (SSSR count). The molecule has 1 atom stereocenters. The van der Waals surface area contributed by atoms with Crippen LogP contribution in [0.15, 0.2) is 24.3 Å². The Hall–Kier alpha value is -1.70. The van der Waals surface area contributed by atoms with Gasteiger partial charge in [-0.2, -0.15) is 0 Å². The molecule has 7 heteroatoms. The van der Waals surface area contributed by atoms with Crippen LogP contribution in [-0.4, -0.2) is 58.3 Å². The van der Waals surface area contributed by atoms with Crippen molar-refractivity contribution >= 4 is 11.9 Å². The van der Waals surface area contributed by atoms with Crippen LogP contribution in [0.1, 0.15) is 20.8 Å². The van der Waals surface area contributed by atoms with Gasteiger partial charge in [-0.05, 0) is 20.8 Å². The Morgan fingerprint density at radius 1 is 1.10 bits per heavy atom. The smallest absolute Gasteiger partial charge is 0.333 e. The molecule has 0 aromatic rings. The van der Waals surface area contributed by atoms with Crippen molar-refractivity contribution in [2.45, 2.75) is 26.9 Å². The number of aliphatic carboxylic acids is 1. The third-order valence-electron chi connectivity index (χ3n) is 1.27. The predicted octanol–water partition coefficient (Wildman–Crippen LogP) is 0.105. The van der Waals surface area contributed by atoms with Crippen LogP contribution in [0.5, 0.6) is 0 Å². The molecule has 4 N–H and O–H groups in total. The Bertz CT molecular complexity index is 294. The highest BCUT2D eigenvalue weighted by Crippen LogP contribution is 1.92. The first-order valence-electron chi connectivity index (χ1n) is 5.71. The molecule has 0 spiro atoms. The third-order valence-corrected chi connectivity index (χ3v) is 1.27. The van der Waals surface area contributed by atoms with E-state index in [0.29, 0.717) is 5.57 Å². The lowest BCUT2D eigenvalue weighted by atomic mass is 10.3. The predicted molar refractivity (Wildman–Crippen MR) is 74.1 cm³/mol. The quantitative estimate of drug-likeness (QED) is 0.418. The van der Waals surface area contributed by atoms with Crippen molar-refractivity contribution < 1.29 is 34.8 Å². The highest BCUT2D eigenvalue weighted by molar-refractivity contribution is 5.86. The Kier molecular flexibility index (Phi) is 18.0. The van der Waals surface area contributed by atoms with E-state index in [9.17, 15) is 9.59 Å². The largest absolute Gasteiger partial charge is 0.478 e. The second kappa shape index (κ2) is 15.4. The number of esters is 1. The van der Waals surface area contributed by atoms with E-state index < -0.39 is 18.0 Å². The van der Waals surface area contributed by atoms with Crippen LogP contribution in [0, 0.1) is 0 Å². The summed E-state index contributed by atoms with van der Waals surface area (Å²) in [6, 6.07) is 0. The fraction of sp³-hybridized carbons (Fsp3) is 0.538. The first-order chi connectivity index (χ1) is 9.09. The van der Waals surface area contributed by atoms with E-state index in [4.69, 9.17) is 20.4 Å². The lowest BCUT2D eigenvalue weighted by molar-refractivity contribution is -0.141. The second-order valence-electron chi connectivity index (χ2n) is 3.76. The summed E-state index contributed by atoms with van der Waals surface area (Å²) >= 11 is 0. The van der Waals surface area contributed by atoms with Crippen molar-refractivity contribution in [2.24, 2.45) is 0 Å². The Morgan fingerprint density at radius 3 is 1.60 bits per heavy atom. The third kappa shape index (κ3) is 25.2. The first-order valence-corrected chi connectivity index (χ1v) is 5.71. The van der Waals surface area contributed by atoms with Crippen LogP contribution in [0.4, 0.5) is 0 Å². The van der Waals surface area contributed by atoms with E-state index in [2.05, 4.69) is 17.9 Å². The van der Waals surface area contributed by atoms with Crippen molar-refractivity contribution in [3.8, 4) is 0 Å². The summed E-state index contributed by atoms with van der Waals surface area (Å²) in [7, 11) is 0. The summed E-state index contributed by atoms with van der Waals surface area (Å²) in [5.41, 5.74) is 0.524. The standard InChI is InChI=1S/C7H12O3.C4H6O2.C2H6O2/c1-5(2)7(9)10-4-6(3)8;1-3(2)4(5)6;3-1-2-4/h6,8H,1,4H2,2-3H3;1H2,2H3,(H,5,6);3-4H,1-2H2. The summed E-state index contributed by atoms with van der Waals surface area (Å²) < 4.78 is 4.58. The van der Waals surface area contributed by atoms with E-state index in [-0.39, 0.29) is 25.4 Å². The van der Waals surface area contributed by atoms with Gasteiger partial charge in [0.25, 0.3) is 0 Å². The normalized spacial score (nSPS) is 9.90. The highest BCUT2D eigenvalue weighted by atomic mass is 16.5. The van der Waals surface area contributed by atoms with Gasteiger partial charge in [0.2, 0.25) is 0 Å². The lowest BCUT2D eigenvalue weighted by Gasteiger charge is -2.04. The van der Waals surface area contributed by atoms with E-state index in [1.807, 2.05) is 0 Å². The van der Waals surface area contributed by atoms with Crippen LogP contribution >= 0.6 is 0 Å². The van der Waals surface area contributed by atoms with E-state index in [0.717, 1.165) is 0 Å². The number of carboxylic acid groups (broad SMARTS) is 1. The maximum atomic E-state index is 10.6. The maximum absolute atomic E-state index is 10.6. The zero-order chi connectivity index (χ0) is 16.7. The number of hydrogen-bond donors (Lipinski definition) is 4. The average molecular weight is 292 g/mol. The van der Waals surface area contributed by atoms with Gasteiger partial charge in [0.15, 0.2) is 0 Å². The minimum atomic E-state index is -0.935. The van der Waals surface area contributed by atoms with E-state index in [1.165, 1.54) is 6.92 Å². The fourth-order valence-electron chi connectivity index (χ4n) is 0.319. The molecule has 1 unspecified atom stereocenters. The van der Waals surface area contributed by atoms with Crippen LogP contribution in [0.2, 0.25) is 0 Å². The van der Waals surface area contributed by atoms with Crippen LogP contribution in [0.25, 0.3) is 0 Å². The van der Waals surface area contributed by atoms with Crippen molar-refractivity contribution in [1.29, 1.82) is 0 Å². The Labute approximate surface area is 118 Å². The molecule has 0 saturated heterocycles. The van der Waals surface area contributed by atoms with Crippen LogP contribution < -0.4 is 0 Å². The molecular formula is C13H24O7. The van der Waals surface area contributed by atoms with Crippen molar-refractivity contribution in [3.05, 3.63) is 24.3 Å². The van der Waals surface area contributed by atoms with Gasteiger partial charge in [0, 0.05) is 11.1 Å². The number of aliphatic hydroxyl groups excluding tert-OH is 3. The number of carbonyl (C=O) groups excluding carboxylic acids is 1. The van der Waals surface area contributed by atoms with Gasteiger partial charge in [-0.15, -0.1) is 0 Å². The molecular weight excluding hydrogens is 268 g/mol. The van der Waals surface area contributed by atoms with Gasteiger partial charge in [-0.3, -0.25) is 0 Å². The van der Waals surface area contributed by atoms with Gasteiger partial charge >= 0.3 is 11.9 Å². The SMILES string of the molecule is C=C(C)C(=O)O.C=C(C)C(=O)OCC(C)O.OCCO.